The second kappa shape index (κ2) is 6.92. The Hall–Kier alpha value is -3.28. The number of hydrogen-bond donors (Lipinski definition) is 2. The predicted molar refractivity (Wildman–Crippen MR) is 99.9 cm³/mol. The number of benzene rings is 2. The molecule has 0 amide bonds. The molecule has 4 rings (SSSR count). The summed E-state index contributed by atoms with van der Waals surface area (Å²) in [6, 6.07) is 15.6. The van der Waals surface area contributed by atoms with Gasteiger partial charge >= 0.3 is 0 Å². The minimum absolute atomic E-state index is 0.155. The van der Waals surface area contributed by atoms with Crippen molar-refractivity contribution in [2.24, 2.45) is 0 Å². The molecule has 0 bridgehead atoms. The molecule has 0 radical (unpaired) electrons. The predicted octanol–water partition coefficient (Wildman–Crippen LogP) is 3.86. The lowest BCUT2D eigenvalue weighted by Gasteiger charge is -2.04. The van der Waals surface area contributed by atoms with Crippen LogP contribution < -0.4 is 0 Å². The number of aromatic nitrogens is 5. The highest BCUT2D eigenvalue weighted by atomic mass is 16.1. The Labute approximate surface area is 150 Å². The van der Waals surface area contributed by atoms with Crippen LogP contribution in [0.3, 0.4) is 0 Å². The molecule has 2 aromatic heterocycles. The first-order valence-corrected chi connectivity index (χ1v) is 8.65. The van der Waals surface area contributed by atoms with Crippen molar-refractivity contribution in [3.63, 3.8) is 0 Å². The van der Waals surface area contributed by atoms with Crippen LogP contribution >= 0.6 is 0 Å². The fourth-order valence-corrected chi connectivity index (χ4v) is 3.32. The van der Waals surface area contributed by atoms with Crippen molar-refractivity contribution < 1.29 is 4.79 Å². The number of aryl methyl sites for hydroxylation is 2. The van der Waals surface area contributed by atoms with Crippen molar-refractivity contribution in [2.45, 2.75) is 26.2 Å². The van der Waals surface area contributed by atoms with Crippen molar-refractivity contribution in [1.29, 1.82) is 0 Å². The maximum absolute atomic E-state index is 12.5. The first-order valence-electron chi connectivity index (χ1n) is 8.65. The molecule has 0 aliphatic heterocycles. The van der Waals surface area contributed by atoms with E-state index in [0.717, 1.165) is 23.9 Å². The van der Waals surface area contributed by atoms with Crippen molar-refractivity contribution >= 4 is 16.7 Å². The van der Waals surface area contributed by atoms with Crippen LogP contribution in [0.1, 0.15) is 34.5 Å². The Bertz CT molecular complexity index is 1030. The van der Waals surface area contributed by atoms with Crippen LogP contribution in [0.5, 0.6) is 0 Å². The van der Waals surface area contributed by atoms with E-state index >= 15 is 0 Å². The highest BCUT2D eigenvalue weighted by Crippen LogP contribution is 2.24. The molecule has 0 aliphatic rings. The summed E-state index contributed by atoms with van der Waals surface area (Å²) in [5.74, 6) is 0.681. The van der Waals surface area contributed by atoms with Gasteiger partial charge in [-0.25, -0.2) is 0 Å². The van der Waals surface area contributed by atoms with Gasteiger partial charge < -0.3 is 4.98 Å². The number of ketones is 1. The molecule has 2 heterocycles. The molecule has 0 atom stereocenters. The topological polar surface area (TPSA) is 87.3 Å². The van der Waals surface area contributed by atoms with E-state index in [1.807, 2.05) is 30.3 Å². The zero-order chi connectivity index (χ0) is 17.9. The summed E-state index contributed by atoms with van der Waals surface area (Å²) in [6.07, 6.45) is 2.25. The fourth-order valence-electron chi connectivity index (χ4n) is 3.32. The molecule has 0 fully saturated rings. The zero-order valence-corrected chi connectivity index (χ0v) is 14.5. The normalized spacial score (nSPS) is 11.1. The number of fused-ring (bicyclic) bond motifs is 1. The number of aromatic amines is 2. The summed E-state index contributed by atoms with van der Waals surface area (Å²) in [5.41, 5.74) is 5.20. The van der Waals surface area contributed by atoms with Crippen LogP contribution in [0.4, 0.5) is 0 Å². The van der Waals surface area contributed by atoms with E-state index in [2.05, 4.69) is 50.7 Å². The van der Waals surface area contributed by atoms with Gasteiger partial charge in [-0.3, -0.25) is 4.79 Å². The van der Waals surface area contributed by atoms with Crippen LogP contribution in [-0.4, -0.2) is 31.4 Å². The van der Waals surface area contributed by atoms with Gasteiger partial charge in [-0.1, -0.05) is 42.5 Å². The van der Waals surface area contributed by atoms with Crippen molar-refractivity contribution in [3.05, 3.63) is 65.4 Å². The summed E-state index contributed by atoms with van der Waals surface area (Å²) in [6.45, 7) is 2.09. The van der Waals surface area contributed by atoms with E-state index in [-0.39, 0.29) is 5.78 Å². The smallest absolute Gasteiger partial charge is 0.204 e. The Kier molecular flexibility index (Phi) is 4.31. The number of H-pyrrole nitrogens is 2. The standard InChI is InChI=1S/C20H19N5O/c1-13-16(17-5-2-3-7-18(17)21-13)6-4-8-19(26)14-9-11-15(12-10-14)20-22-24-25-23-20/h2-3,5,7,9-12,21H,4,6,8H2,1H3,(H,22,23,24,25). The molecule has 6 heteroatoms. The van der Waals surface area contributed by atoms with E-state index < -0.39 is 0 Å². The number of carbonyl (C=O) groups excluding carboxylic acids is 1. The highest BCUT2D eigenvalue weighted by Gasteiger charge is 2.11. The number of carbonyl (C=O) groups is 1. The maximum atomic E-state index is 12.5. The Morgan fingerprint density at radius 2 is 1.88 bits per heavy atom. The molecule has 4 aromatic rings. The van der Waals surface area contributed by atoms with Crippen molar-refractivity contribution in [2.75, 3.05) is 0 Å². The average molecular weight is 345 g/mol. The molecule has 130 valence electrons. The molecular weight excluding hydrogens is 326 g/mol. The highest BCUT2D eigenvalue weighted by molar-refractivity contribution is 5.96. The van der Waals surface area contributed by atoms with Gasteiger partial charge in [0.2, 0.25) is 5.82 Å². The van der Waals surface area contributed by atoms with E-state index in [1.165, 1.54) is 16.6 Å². The summed E-state index contributed by atoms with van der Waals surface area (Å²) < 4.78 is 0. The van der Waals surface area contributed by atoms with Crippen LogP contribution in [-0.2, 0) is 6.42 Å². The minimum atomic E-state index is 0.155. The summed E-state index contributed by atoms with van der Waals surface area (Å²) in [7, 11) is 0. The molecule has 2 aromatic carbocycles. The van der Waals surface area contributed by atoms with Gasteiger partial charge in [-0.2, -0.15) is 5.21 Å². The van der Waals surface area contributed by atoms with Gasteiger partial charge in [0.1, 0.15) is 0 Å². The average Bonchev–Trinajstić information content (AvgIpc) is 3.30. The van der Waals surface area contributed by atoms with Crippen LogP contribution in [0.15, 0.2) is 48.5 Å². The number of Topliss-reactive ketones (excluding diaryl/α,β-unsaturated/α-hetero) is 1. The first kappa shape index (κ1) is 16.2. The Morgan fingerprint density at radius 3 is 2.65 bits per heavy atom. The molecule has 26 heavy (non-hydrogen) atoms. The molecule has 0 unspecified atom stereocenters. The van der Waals surface area contributed by atoms with Crippen LogP contribution in [0.2, 0.25) is 0 Å². The third-order valence-electron chi connectivity index (χ3n) is 4.67. The Morgan fingerprint density at radius 1 is 1.08 bits per heavy atom. The Balaban J connectivity index is 1.40. The lowest BCUT2D eigenvalue weighted by atomic mass is 10.00. The summed E-state index contributed by atoms with van der Waals surface area (Å²) >= 11 is 0. The van der Waals surface area contributed by atoms with Crippen molar-refractivity contribution in [3.8, 4) is 11.4 Å². The molecule has 0 spiro atoms. The van der Waals surface area contributed by atoms with E-state index in [0.29, 0.717) is 17.8 Å². The molecule has 2 N–H and O–H groups in total. The third-order valence-corrected chi connectivity index (χ3v) is 4.67. The largest absolute Gasteiger partial charge is 0.358 e. The molecule has 6 nitrogen and oxygen atoms in total. The number of rotatable bonds is 6. The van der Waals surface area contributed by atoms with Gasteiger partial charge in [0.15, 0.2) is 5.78 Å². The second-order valence-electron chi connectivity index (χ2n) is 6.36. The lowest BCUT2D eigenvalue weighted by molar-refractivity contribution is 0.0980. The first-order chi connectivity index (χ1) is 12.7. The van der Waals surface area contributed by atoms with E-state index in [1.54, 1.807) is 0 Å². The van der Waals surface area contributed by atoms with Gasteiger partial charge in [-0.15, -0.1) is 10.2 Å². The number of para-hydroxylation sites is 1. The van der Waals surface area contributed by atoms with Crippen LogP contribution in [0.25, 0.3) is 22.3 Å². The molecule has 0 saturated heterocycles. The summed E-state index contributed by atoms with van der Waals surface area (Å²) in [5, 5.41) is 15.1. The number of nitrogens with one attached hydrogen (secondary N) is 2. The number of tetrazole rings is 1. The lowest BCUT2D eigenvalue weighted by Crippen LogP contribution is -2.00. The monoisotopic (exact) mass is 345 g/mol. The molecule has 0 saturated carbocycles. The molecule has 0 aliphatic carbocycles. The SMILES string of the molecule is Cc1[nH]c2ccccc2c1CCCC(=O)c1ccc(-c2nn[nH]n2)cc1. The zero-order valence-electron chi connectivity index (χ0n) is 14.5. The molecular formula is C20H19N5O. The van der Waals surface area contributed by atoms with Crippen molar-refractivity contribution in [1.82, 2.24) is 25.6 Å². The minimum Gasteiger partial charge on any atom is -0.358 e. The second-order valence-corrected chi connectivity index (χ2v) is 6.36. The van der Waals surface area contributed by atoms with E-state index in [9.17, 15) is 4.79 Å². The van der Waals surface area contributed by atoms with Crippen LogP contribution in [0, 0.1) is 6.92 Å². The number of hydrogen-bond acceptors (Lipinski definition) is 4. The fraction of sp³-hybridized carbons (Fsp3) is 0.200. The number of nitrogens with zero attached hydrogens (tertiary/aromatic N) is 3. The van der Waals surface area contributed by atoms with Gasteiger partial charge in [0.05, 0.1) is 0 Å². The van der Waals surface area contributed by atoms with Gasteiger partial charge in [-0.05, 0) is 36.6 Å². The maximum Gasteiger partial charge on any atom is 0.204 e. The quantitative estimate of drug-likeness (QED) is 0.519. The van der Waals surface area contributed by atoms with E-state index in [4.69, 9.17) is 0 Å². The third kappa shape index (κ3) is 3.13. The van der Waals surface area contributed by atoms with Gasteiger partial charge in [0.25, 0.3) is 0 Å². The van der Waals surface area contributed by atoms with Gasteiger partial charge in [0, 0.05) is 34.1 Å². The summed E-state index contributed by atoms with van der Waals surface area (Å²) in [4.78, 5) is 15.9.